The Morgan fingerprint density at radius 2 is 0.939 bits per heavy atom. The topological polar surface area (TPSA) is 224 Å². The van der Waals surface area contributed by atoms with E-state index in [1.54, 1.807) is 87.7 Å². The third-order valence-corrected chi connectivity index (χ3v) is 20.1. The van der Waals surface area contributed by atoms with E-state index in [2.05, 4.69) is 25.9 Å². The Balaban J connectivity index is 0.000000156. The quantitative estimate of drug-likeness (QED) is 0.0498. The minimum Gasteiger partial charge on any atom is -0.496 e. The molecule has 0 amide bonds. The second-order valence-corrected chi connectivity index (χ2v) is 28.9. The predicted molar refractivity (Wildman–Crippen MR) is 373 cm³/mol. The molecule has 0 N–H and O–H groups in total. The molecule has 5 heterocycles. The van der Waals surface area contributed by atoms with Gasteiger partial charge in [0.1, 0.15) is 56.9 Å². The van der Waals surface area contributed by atoms with Gasteiger partial charge in [0.25, 0.3) is 0 Å². The summed E-state index contributed by atoms with van der Waals surface area (Å²) in [6.45, 7) is 11.5. The minimum absolute atomic E-state index is 0.0586. The number of carbonyl (C=O) groups is 2. The summed E-state index contributed by atoms with van der Waals surface area (Å²) in [6, 6.07) is 37.4. The van der Waals surface area contributed by atoms with E-state index >= 15 is 0 Å². The van der Waals surface area contributed by atoms with Crippen molar-refractivity contribution < 1.29 is 80.4 Å². The number of ether oxygens (including phenoxy) is 2. The summed E-state index contributed by atoms with van der Waals surface area (Å²) in [5.41, 5.74) is 5.87. The highest BCUT2D eigenvalue weighted by atomic mass is 79.9. The van der Waals surface area contributed by atoms with Crippen molar-refractivity contribution in [3.8, 4) is 68.2 Å². The number of fused-ring (bicyclic) bond motifs is 4. The lowest BCUT2D eigenvalue weighted by atomic mass is 9.78. The average molecular weight is 1440 g/mol. The van der Waals surface area contributed by atoms with Crippen LogP contribution in [0.1, 0.15) is 75.1 Å². The molecular formula is C72H64BBrF4N4O14S2. The number of sulfonamides is 2. The van der Waals surface area contributed by atoms with Crippen molar-refractivity contribution in [2.75, 3.05) is 49.4 Å². The number of benzene rings is 8. The molecule has 0 saturated carbocycles. The maximum absolute atomic E-state index is 14.4. The van der Waals surface area contributed by atoms with Crippen molar-refractivity contribution >= 4 is 116 Å². The number of hydrogen-bond acceptors (Lipinski definition) is 16. The van der Waals surface area contributed by atoms with Crippen molar-refractivity contribution in [2.45, 2.75) is 65.6 Å². The molecule has 8 aromatic carbocycles. The van der Waals surface area contributed by atoms with Gasteiger partial charge in [0.2, 0.25) is 31.8 Å². The lowest BCUT2D eigenvalue weighted by molar-refractivity contribution is 0.00578. The maximum atomic E-state index is 14.4. The number of ketones is 2. The number of carbonyl (C=O) groups excluding carboxylic acids is 2. The first kappa shape index (κ1) is 69.7. The van der Waals surface area contributed by atoms with Gasteiger partial charge in [0, 0.05) is 71.0 Å². The van der Waals surface area contributed by atoms with E-state index in [9.17, 15) is 44.0 Å². The summed E-state index contributed by atoms with van der Waals surface area (Å²) >= 11 is 3.38. The molecule has 0 spiro atoms. The molecule has 1 aliphatic rings. The van der Waals surface area contributed by atoms with E-state index in [0.29, 0.717) is 93.9 Å². The van der Waals surface area contributed by atoms with E-state index in [-0.39, 0.29) is 69.8 Å². The van der Waals surface area contributed by atoms with Crippen LogP contribution in [0.4, 0.5) is 28.9 Å². The number of oxazole rings is 2. The Bertz CT molecular complexity index is 5330. The second-order valence-electron chi connectivity index (χ2n) is 24.0. The number of methoxy groups -OCH3 is 2. The predicted octanol–water partition coefficient (Wildman–Crippen LogP) is 16.8. The largest absolute Gasteiger partial charge is 0.496 e. The monoisotopic (exact) mass is 1440 g/mol. The first-order valence-corrected chi connectivity index (χ1v) is 35.0. The van der Waals surface area contributed by atoms with Crippen LogP contribution >= 0.6 is 15.9 Å². The van der Waals surface area contributed by atoms with Gasteiger partial charge >= 0.3 is 7.12 Å². The highest BCUT2D eigenvalue weighted by molar-refractivity contribution is 9.10. The third-order valence-electron chi connectivity index (χ3n) is 17.1. The molecule has 0 aliphatic carbocycles. The number of Topliss-reactive ketones (excluding diaryl/α,β-unsaturated/α-hetero) is 2. The highest BCUT2D eigenvalue weighted by Gasteiger charge is 2.52. The number of furan rings is 2. The summed E-state index contributed by atoms with van der Waals surface area (Å²) in [5, 5.41) is 1.02. The lowest BCUT2D eigenvalue weighted by Crippen LogP contribution is -2.41. The van der Waals surface area contributed by atoms with Crippen LogP contribution in [0.5, 0.6) is 11.5 Å². The van der Waals surface area contributed by atoms with E-state index in [4.69, 9.17) is 36.5 Å². The van der Waals surface area contributed by atoms with Crippen LogP contribution in [-0.2, 0) is 29.4 Å². The summed E-state index contributed by atoms with van der Waals surface area (Å²) in [7, 11) is -1.86. The fourth-order valence-corrected chi connectivity index (χ4v) is 12.7. The minimum atomic E-state index is -3.75. The van der Waals surface area contributed by atoms with Crippen LogP contribution in [0, 0.1) is 23.3 Å². The van der Waals surface area contributed by atoms with E-state index in [0.717, 1.165) is 26.6 Å². The molecular weight excluding hydrogens is 1380 g/mol. The van der Waals surface area contributed by atoms with Gasteiger partial charge in [0.15, 0.2) is 34.4 Å². The Hall–Kier alpha value is -9.60. The number of para-hydroxylation sites is 2. The molecule has 0 bridgehead atoms. The number of hydrogen-bond donors (Lipinski definition) is 0. The summed E-state index contributed by atoms with van der Waals surface area (Å²) < 4.78 is 154. The van der Waals surface area contributed by atoms with Gasteiger partial charge in [-0.1, -0.05) is 38.1 Å². The average Bonchev–Trinajstić information content (AvgIpc) is 1.61. The van der Waals surface area contributed by atoms with Crippen LogP contribution in [0.15, 0.2) is 168 Å². The van der Waals surface area contributed by atoms with Crippen LogP contribution in [0.3, 0.4) is 0 Å². The summed E-state index contributed by atoms with van der Waals surface area (Å²) in [5.74, 6) is -0.190. The van der Waals surface area contributed by atoms with Crippen molar-refractivity contribution in [3.05, 3.63) is 184 Å². The molecule has 1 fully saturated rings. The molecule has 18 nitrogen and oxygen atoms in total. The Morgan fingerprint density at radius 3 is 1.38 bits per heavy atom. The van der Waals surface area contributed by atoms with Gasteiger partial charge in [0.05, 0.1) is 71.6 Å². The standard InChI is InChI=1S/C33H26F2N2O6S.C20H21BFNO4.C19H17BrFNO4S/c1-5-26(38)30-22-16-21(19-11-14-27(41-3)23(15-19)33-36-31-24(35)7-6-8-28(31)43-33)25(37(2)44(4,39)40)17-29(22)42-32(30)18-9-12-20(34)13-10-18;1-19(2)20(3,4)27-21(26-19)12-9-10-15(24-5)13(11-12)18-23-17-14(22)7-6-8-16(17)25-18;1-4-16(23)18-13-9-14(20)15(22(2)27(3,24)25)10-17(13)26-19(18)11-5-7-12(21)8-6-11/h6-17H,5H2,1-4H3;6-11H,1-5H3;5-10H,4H2,1-3H3. The van der Waals surface area contributed by atoms with Gasteiger partial charge in [-0.3, -0.25) is 18.2 Å². The Labute approximate surface area is 570 Å². The fourth-order valence-electron chi connectivity index (χ4n) is 11.0. The number of nitrogens with zero attached hydrogens (tertiary/aromatic N) is 4. The molecule has 98 heavy (non-hydrogen) atoms. The van der Waals surface area contributed by atoms with Gasteiger partial charge in [-0.25, -0.2) is 44.4 Å². The summed E-state index contributed by atoms with van der Waals surface area (Å²) in [4.78, 5) is 34.5. The molecule has 4 aromatic heterocycles. The van der Waals surface area contributed by atoms with Gasteiger partial charge in [-0.05, 0) is 164 Å². The zero-order chi connectivity index (χ0) is 70.7. The van der Waals surface area contributed by atoms with Crippen LogP contribution in [0.2, 0.25) is 0 Å². The lowest BCUT2D eigenvalue weighted by Gasteiger charge is -2.32. The van der Waals surface area contributed by atoms with Crippen molar-refractivity contribution in [1.29, 1.82) is 0 Å². The van der Waals surface area contributed by atoms with Crippen LogP contribution in [-0.4, -0.2) is 97.5 Å². The molecule has 1 saturated heterocycles. The summed E-state index contributed by atoms with van der Waals surface area (Å²) in [6.07, 6.45) is 2.61. The molecule has 0 unspecified atom stereocenters. The molecule has 506 valence electrons. The number of anilines is 2. The van der Waals surface area contributed by atoms with E-state index in [1.165, 1.54) is 87.9 Å². The maximum Gasteiger partial charge on any atom is 0.494 e. The fraction of sp³-hybridized carbons (Fsp3) is 0.222. The first-order valence-electron chi connectivity index (χ1n) is 30.5. The molecule has 0 atom stereocenters. The Kier molecular flexibility index (Phi) is 19.2. The SMILES string of the molecule is CCC(=O)c1c(-c2ccc(F)cc2)oc2cc(N(C)S(C)(=O)=O)c(-c3ccc(OC)c(-c4nc5c(F)cccc5o4)c3)cc12.CCC(=O)c1c(-c2ccc(F)cc2)oc2cc(N(C)S(C)(=O)=O)c(Br)cc12.COc1ccc(B2OC(C)(C)C(C)(C)O2)cc1-c1nc2c(F)cccc2o1. The normalized spacial score (nSPS) is 13.5. The number of halogens is 5. The van der Waals surface area contributed by atoms with Crippen LogP contribution in [0.25, 0.3) is 101 Å². The molecule has 0 radical (unpaired) electrons. The van der Waals surface area contributed by atoms with Crippen molar-refractivity contribution in [2.24, 2.45) is 0 Å². The van der Waals surface area contributed by atoms with Gasteiger partial charge < -0.3 is 36.5 Å². The van der Waals surface area contributed by atoms with Crippen molar-refractivity contribution in [1.82, 2.24) is 9.97 Å². The molecule has 12 aromatic rings. The number of rotatable bonds is 16. The zero-order valence-corrected chi connectivity index (χ0v) is 58.3. The van der Waals surface area contributed by atoms with E-state index in [1.807, 2.05) is 39.8 Å². The van der Waals surface area contributed by atoms with Gasteiger partial charge in [-0.15, -0.1) is 0 Å². The molecule has 13 rings (SSSR count). The molecule has 26 heteroatoms. The number of aromatic nitrogens is 2. The third kappa shape index (κ3) is 13.6. The zero-order valence-electron chi connectivity index (χ0n) is 55.1. The van der Waals surface area contributed by atoms with Gasteiger partial charge in [-0.2, -0.15) is 0 Å². The molecule has 1 aliphatic heterocycles. The first-order chi connectivity index (χ1) is 46.3. The van der Waals surface area contributed by atoms with Crippen LogP contribution < -0.4 is 23.5 Å². The highest BCUT2D eigenvalue weighted by Crippen LogP contribution is 2.46. The van der Waals surface area contributed by atoms with Crippen molar-refractivity contribution in [3.63, 3.8) is 0 Å². The smallest absolute Gasteiger partial charge is 0.494 e. The second kappa shape index (κ2) is 27.0. The van der Waals surface area contributed by atoms with E-state index < -0.39 is 61.6 Å². The Morgan fingerprint density at radius 1 is 0.520 bits per heavy atom.